The van der Waals surface area contributed by atoms with Crippen LogP contribution in [0.15, 0.2) is 12.4 Å². The maximum Gasteiger partial charge on any atom is 0.419 e. The summed E-state index contributed by atoms with van der Waals surface area (Å²) in [7, 11) is 0. The molecule has 6 nitrogen and oxygen atoms in total. The first-order valence-electron chi connectivity index (χ1n) is 6.46. The highest BCUT2D eigenvalue weighted by molar-refractivity contribution is 5.65. The average Bonchev–Trinajstić information content (AvgIpc) is 2.45. The van der Waals surface area contributed by atoms with Gasteiger partial charge in [0, 0.05) is 38.1 Å². The van der Waals surface area contributed by atoms with Gasteiger partial charge in [-0.25, -0.2) is 14.8 Å². The number of amides is 1. The highest BCUT2D eigenvalue weighted by Gasteiger charge is 2.33. The van der Waals surface area contributed by atoms with E-state index in [0.29, 0.717) is 13.0 Å². The molecule has 0 aromatic carbocycles. The molecule has 1 aromatic heterocycles. The van der Waals surface area contributed by atoms with Crippen molar-refractivity contribution in [3.8, 4) is 0 Å². The van der Waals surface area contributed by atoms with Gasteiger partial charge in [0.2, 0.25) is 5.95 Å². The number of alkyl halides is 3. The molecule has 0 spiro atoms. The lowest BCUT2D eigenvalue weighted by molar-refractivity contribution is -0.138. The normalized spacial score (nSPS) is 19.7. The van der Waals surface area contributed by atoms with Gasteiger partial charge in [-0.2, -0.15) is 13.2 Å². The third-order valence-corrected chi connectivity index (χ3v) is 3.45. The van der Waals surface area contributed by atoms with Crippen molar-refractivity contribution < 1.29 is 23.1 Å². The number of hydrogen-bond acceptors (Lipinski definition) is 4. The standard InChI is InChI=1S/C12H15F3N4O2/c1-2-9-7-18(11(20)21)3-4-19(9)10-16-5-8(6-17-10)12(13,14)15/h5-6,9H,2-4,7H2,1H3,(H,20,21)/t9-/m0/s1. The second-order valence-electron chi connectivity index (χ2n) is 4.75. The van der Waals surface area contributed by atoms with Crippen molar-refractivity contribution in [3.05, 3.63) is 18.0 Å². The molecular formula is C12H15F3N4O2. The number of aromatic nitrogens is 2. The number of halogens is 3. The Morgan fingerprint density at radius 1 is 1.38 bits per heavy atom. The Balaban J connectivity index is 2.16. The second kappa shape index (κ2) is 5.74. The highest BCUT2D eigenvalue weighted by atomic mass is 19.4. The maximum absolute atomic E-state index is 12.5. The second-order valence-corrected chi connectivity index (χ2v) is 4.75. The minimum absolute atomic E-state index is 0.147. The molecule has 0 unspecified atom stereocenters. The molecule has 0 saturated carbocycles. The Labute approximate surface area is 119 Å². The number of anilines is 1. The molecule has 1 aromatic rings. The van der Waals surface area contributed by atoms with E-state index in [1.54, 1.807) is 4.90 Å². The van der Waals surface area contributed by atoms with E-state index in [4.69, 9.17) is 5.11 Å². The zero-order valence-corrected chi connectivity index (χ0v) is 11.3. The van der Waals surface area contributed by atoms with Crippen LogP contribution in [0.25, 0.3) is 0 Å². The number of hydrogen-bond donors (Lipinski definition) is 1. The fraction of sp³-hybridized carbons (Fsp3) is 0.583. The van der Waals surface area contributed by atoms with Gasteiger partial charge < -0.3 is 14.9 Å². The van der Waals surface area contributed by atoms with Crippen molar-refractivity contribution in [2.75, 3.05) is 24.5 Å². The van der Waals surface area contributed by atoms with E-state index in [0.717, 1.165) is 12.4 Å². The summed E-state index contributed by atoms with van der Waals surface area (Å²) in [6.45, 7) is 2.80. The molecule has 21 heavy (non-hydrogen) atoms. The quantitative estimate of drug-likeness (QED) is 0.906. The Morgan fingerprint density at radius 3 is 2.48 bits per heavy atom. The van der Waals surface area contributed by atoms with Crippen LogP contribution in [0.2, 0.25) is 0 Å². The summed E-state index contributed by atoms with van der Waals surface area (Å²) in [6, 6.07) is -0.147. The number of rotatable bonds is 2. The van der Waals surface area contributed by atoms with Gasteiger partial charge in [0.15, 0.2) is 0 Å². The Morgan fingerprint density at radius 2 is 2.00 bits per heavy atom. The number of nitrogens with zero attached hydrogens (tertiary/aromatic N) is 4. The molecule has 0 bridgehead atoms. The van der Waals surface area contributed by atoms with E-state index in [1.807, 2.05) is 6.92 Å². The van der Waals surface area contributed by atoms with Crippen molar-refractivity contribution >= 4 is 12.0 Å². The van der Waals surface area contributed by atoms with Crippen molar-refractivity contribution in [1.82, 2.24) is 14.9 Å². The molecular weight excluding hydrogens is 289 g/mol. The first kappa shape index (κ1) is 15.3. The molecule has 0 aliphatic carbocycles. The van der Waals surface area contributed by atoms with E-state index in [2.05, 4.69) is 9.97 Å². The summed E-state index contributed by atoms with van der Waals surface area (Å²) < 4.78 is 37.4. The number of carboxylic acid groups (broad SMARTS) is 1. The largest absolute Gasteiger partial charge is 0.465 e. The summed E-state index contributed by atoms with van der Waals surface area (Å²) in [6.07, 6.45) is -3.32. The minimum Gasteiger partial charge on any atom is -0.465 e. The van der Waals surface area contributed by atoms with Crippen LogP contribution < -0.4 is 4.90 Å². The van der Waals surface area contributed by atoms with Crippen LogP contribution in [0.4, 0.5) is 23.9 Å². The summed E-state index contributed by atoms with van der Waals surface area (Å²) in [5, 5.41) is 8.99. The molecule has 1 amide bonds. The van der Waals surface area contributed by atoms with Crippen LogP contribution >= 0.6 is 0 Å². The third-order valence-electron chi connectivity index (χ3n) is 3.45. The van der Waals surface area contributed by atoms with Crippen LogP contribution in [-0.4, -0.2) is 51.7 Å². The minimum atomic E-state index is -4.47. The molecule has 2 rings (SSSR count). The maximum atomic E-state index is 12.5. The SMILES string of the molecule is CC[C@H]1CN(C(=O)O)CCN1c1ncc(C(F)(F)F)cn1. The van der Waals surface area contributed by atoms with E-state index >= 15 is 0 Å². The van der Waals surface area contributed by atoms with Crippen molar-refractivity contribution in [2.45, 2.75) is 25.6 Å². The van der Waals surface area contributed by atoms with Gasteiger partial charge in [0.25, 0.3) is 0 Å². The molecule has 1 N–H and O–H groups in total. The first-order valence-corrected chi connectivity index (χ1v) is 6.46. The summed E-state index contributed by atoms with van der Waals surface area (Å²) in [5.41, 5.74) is -0.900. The fourth-order valence-corrected chi connectivity index (χ4v) is 2.26. The summed E-state index contributed by atoms with van der Waals surface area (Å²) >= 11 is 0. The van der Waals surface area contributed by atoms with Crippen molar-refractivity contribution in [1.29, 1.82) is 0 Å². The zero-order valence-electron chi connectivity index (χ0n) is 11.3. The lowest BCUT2D eigenvalue weighted by atomic mass is 10.1. The fourth-order valence-electron chi connectivity index (χ4n) is 2.26. The molecule has 9 heteroatoms. The molecule has 1 aliphatic rings. The highest BCUT2D eigenvalue weighted by Crippen LogP contribution is 2.29. The van der Waals surface area contributed by atoms with E-state index in [1.165, 1.54) is 4.90 Å². The van der Waals surface area contributed by atoms with Gasteiger partial charge in [0.05, 0.1) is 5.56 Å². The molecule has 1 saturated heterocycles. The molecule has 1 aliphatic heterocycles. The van der Waals surface area contributed by atoms with Gasteiger partial charge in [0.1, 0.15) is 0 Å². The predicted octanol–water partition coefficient (Wildman–Crippen LogP) is 2.07. The van der Waals surface area contributed by atoms with Crippen LogP contribution in [0.5, 0.6) is 0 Å². The lowest BCUT2D eigenvalue weighted by Crippen LogP contribution is -2.55. The number of carbonyl (C=O) groups is 1. The van der Waals surface area contributed by atoms with Crippen LogP contribution in [-0.2, 0) is 6.18 Å². The van der Waals surface area contributed by atoms with Crippen LogP contribution in [0.3, 0.4) is 0 Å². The lowest BCUT2D eigenvalue weighted by Gasteiger charge is -2.40. The topological polar surface area (TPSA) is 69.6 Å². The molecule has 1 atom stereocenters. The smallest absolute Gasteiger partial charge is 0.419 e. The Bertz CT molecular complexity index is 506. The Kier molecular flexibility index (Phi) is 4.19. The summed E-state index contributed by atoms with van der Waals surface area (Å²) in [4.78, 5) is 21.5. The van der Waals surface area contributed by atoms with Crippen LogP contribution in [0, 0.1) is 0 Å². The zero-order chi connectivity index (χ0) is 15.6. The monoisotopic (exact) mass is 304 g/mol. The van der Waals surface area contributed by atoms with E-state index in [-0.39, 0.29) is 25.1 Å². The van der Waals surface area contributed by atoms with E-state index < -0.39 is 17.8 Å². The van der Waals surface area contributed by atoms with Gasteiger partial charge >= 0.3 is 12.3 Å². The van der Waals surface area contributed by atoms with Gasteiger partial charge in [-0.1, -0.05) is 6.92 Å². The van der Waals surface area contributed by atoms with Crippen LogP contribution in [0.1, 0.15) is 18.9 Å². The predicted molar refractivity (Wildman–Crippen MR) is 68.1 cm³/mol. The third kappa shape index (κ3) is 3.34. The Hall–Kier alpha value is -2.06. The molecule has 2 heterocycles. The van der Waals surface area contributed by atoms with Gasteiger partial charge in [-0.05, 0) is 6.42 Å². The van der Waals surface area contributed by atoms with Gasteiger partial charge in [-0.15, -0.1) is 0 Å². The first-order chi connectivity index (χ1) is 9.82. The van der Waals surface area contributed by atoms with Crippen molar-refractivity contribution in [3.63, 3.8) is 0 Å². The molecule has 116 valence electrons. The average molecular weight is 304 g/mol. The molecule has 0 radical (unpaired) electrons. The number of piperazine rings is 1. The van der Waals surface area contributed by atoms with Gasteiger partial charge in [-0.3, -0.25) is 0 Å². The van der Waals surface area contributed by atoms with Crippen molar-refractivity contribution in [2.24, 2.45) is 0 Å². The van der Waals surface area contributed by atoms with E-state index in [9.17, 15) is 18.0 Å². The molecule has 1 fully saturated rings. The summed E-state index contributed by atoms with van der Waals surface area (Å²) in [5.74, 6) is 0.194.